The Hall–Kier alpha value is -2.55. The van der Waals surface area contributed by atoms with Crippen molar-refractivity contribution in [2.24, 2.45) is 12.0 Å². The fourth-order valence-electron chi connectivity index (χ4n) is 2.76. The summed E-state index contributed by atoms with van der Waals surface area (Å²) in [7, 11) is 1.46. The summed E-state index contributed by atoms with van der Waals surface area (Å²) in [6.07, 6.45) is -2.41. The van der Waals surface area contributed by atoms with E-state index in [0.29, 0.717) is 25.7 Å². The standard InChI is InChI=1S/C20H28F3N5O/c1-4-24-19(26-13-17-14-28(3)27-18(17)20(21,22)23)25-11-8-12-29-15(2)16-9-6-5-7-10-16/h5-7,9-10,14-15H,4,8,11-13H2,1-3H3,(H2,24,25,26). The van der Waals surface area contributed by atoms with Gasteiger partial charge in [-0.25, -0.2) is 4.99 Å². The fourth-order valence-corrected chi connectivity index (χ4v) is 2.76. The van der Waals surface area contributed by atoms with Crippen LogP contribution in [-0.4, -0.2) is 35.4 Å². The van der Waals surface area contributed by atoms with Crippen molar-refractivity contribution in [2.75, 3.05) is 19.7 Å². The number of halogens is 3. The molecule has 0 aliphatic rings. The van der Waals surface area contributed by atoms with Crippen LogP contribution in [0, 0.1) is 0 Å². The number of aryl methyl sites for hydroxylation is 1. The van der Waals surface area contributed by atoms with Gasteiger partial charge in [-0.05, 0) is 25.8 Å². The van der Waals surface area contributed by atoms with Crippen LogP contribution >= 0.6 is 0 Å². The van der Waals surface area contributed by atoms with Gasteiger partial charge in [-0.1, -0.05) is 30.3 Å². The molecule has 0 spiro atoms. The lowest BCUT2D eigenvalue weighted by molar-refractivity contribution is -0.142. The van der Waals surface area contributed by atoms with Gasteiger partial charge in [-0.15, -0.1) is 0 Å². The molecule has 0 fully saturated rings. The normalized spacial score (nSPS) is 13.4. The van der Waals surface area contributed by atoms with Gasteiger partial charge in [0.15, 0.2) is 11.7 Å². The zero-order valence-electron chi connectivity index (χ0n) is 17.0. The largest absolute Gasteiger partial charge is 0.435 e. The summed E-state index contributed by atoms with van der Waals surface area (Å²) in [5, 5.41) is 9.65. The molecule has 0 bridgehead atoms. The molecule has 1 atom stereocenters. The molecule has 9 heteroatoms. The zero-order chi connectivity index (χ0) is 21.3. The molecule has 2 N–H and O–H groups in total. The molecule has 1 aromatic heterocycles. The Morgan fingerprint density at radius 3 is 2.62 bits per heavy atom. The van der Waals surface area contributed by atoms with E-state index >= 15 is 0 Å². The minimum Gasteiger partial charge on any atom is -0.374 e. The van der Waals surface area contributed by atoms with Crippen LogP contribution < -0.4 is 10.6 Å². The first-order valence-electron chi connectivity index (χ1n) is 9.59. The fraction of sp³-hybridized carbons (Fsp3) is 0.500. The summed E-state index contributed by atoms with van der Waals surface area (Å²) >= 11 is 0. The van der Waals surface area contributed by atoms with Crippen molar-refractivity contribution in [3.8, 4) is 0 Å². The van der Waals surface area contributed by atoms with Crippen LogP contribution in [0.1, 0.15) is 43.2 Å². The number of nitrogens with zero attached hydrogens (tertiary/aromatic N) is 3. The number of hydrogen-bond donors (Lipinski definition) is 2. The van der Waals surface area contributed by atoms with E-state index in [0.717, 1.165) is 16.7 Å². The quantitative estimate of drug-likeness (QED) is 0.376. The van der Waals surface area contributed by atoms with E-state index in [2.05, 4.69) is 20.7 Å². The van der Waals surface area contributed by atoms with Crippen molar-refractivity contribution >= 4 is 5.96 Å². The number of guanidine groups is 1. The van der Waals surface area contributed by atoms with Crippen molar-refractivity contribution in [3.63, 3.8) is 0 Å². The summed E-state index contributed by atoms with van der Waals surface area (Å²) in [6, 6.07) is 9.95. The highest BCUT2D eigenvalue weighted by Crippen LogP contribution is 2.30. The Labute approximate surface area is 169 Å². The molecule has 1 heterocycles. The zero-order valence-corrected chi connectivity index (χ0v) is 17.0. The predicted molar refractivity (Wildman–Crippen MR) is 106 cm³/mol. The van der Waals surface area contributed by atoms with Gasteiger partial charge < -0.3 is 15.4 Å². The topological polar surface area (TPSA) is 63.5 Å². The highest BCUT2D eigenvalue weighted by atomic mass is 19.4. The number of aliphatic imine (C=N–C) groups is 1. The number of ether oxygens (including phenoxy) is 1. The molecule has 1 aromatic carbocycles. The summed E-state index contributed by atoms with van der Waals surface area (Å²) in [5.41, 5.74) is 0.257. The van der Waals surface area contributed by atoms with E-state index in [-0.39, 0.29) is 18.2 Å². The average molecular weight is 411 g/mol. The minimum atomic E-state index is -4.50. The molecule has 0 saturated heterocycles. The molecule has 0 radical (unpaired) electrons. The molecular weight excluding hydrogens is 383 g/mol. The maximum Gasteiger partial charge on any atom is 0.435 e. The molecule has 6 nitrogen and oxygen atoms in total. The number of hydrogen-bond acceptors (Lipinski definition) is 3. The molecular formula is C20H28F3N5O. The Morgan fingerprint density at radius 1 is 1.24 bits per heavy atom. The lowest BCUT2D eigenvalue weighted by Crippen LogP contribution is -2.38. The van der Waals surface area contributed by atoms with E-state index < -0.39 is 11.9 Å². The van der Waals surface area contributed by atoms with Crippen LogP contribution in [0.4, 0.5) is 13.2 Å². The molecule has 2 rings (SSSR count). The number of benzene rings is 1. The van der Waals surface area contributed by atoms with Crippen LogP contribution in [0.2, 0.25) is 0 Å². The van der Waals surface area contributed by atoms with Crippen LogP contribution in [0.15, 0.2) is 41.5 Å². The van der Waals surface area contributed by atoms with E-state index in [1.807, 2.05) is 44.2 Å². The van der Waals surface area contributed by atoms with Crippen LogP contribution in [0.25, 0.3) is 0 Å². The first kappa shape index (κ1) is 22.7. The first-order chi connectivity index (χ1) is 13.8. The second-order valence-corrected chi connectivity index (χ2v) is 6.57. The Bertz CT molecular complexity index is 774. The van der Waals surface area contributed by atoms with E-state index in [9.17, 15) is 13.2 Å². The van der Waals surface area contributed by atoms with Crippen LogP contribution in [-0.2, 0) is 24.5 Å². The summed E-state index contributed by atoms with van der Waals surface area (Å²) < 4.78 is 46.1. The van der Waals surface area contributed by atoms with Gasteiger partial charge >= 0.3 is 6.18 Å². The predicted octanol–water partition coefficient (Wildman–Crippen LogP) is 3.66. The first-order valence-corrected chi connectivity index (χ1v) is 9.59. The van der Waals surface area contributed by atoms with Gasteiger partial charge in [0.05, 0.1) is 12.6 Å². The van der Waals surface area contributed by atoms with E-state index in [1.54, 1.807) is 0 Å². The number of nitrogens with one attached hydrogen (secondary N) is 2. The average Bonchev–Trinajstić information content (AvgIpc) is 3.07. The van der Waals surface area contributed by atoms with Crippen molar-refractivity contribution in [3.05, 3.63) is 53.3 Å². The maximum absolute atomic E-state index is 13.0. The third kappa shape index (κ3) is 7.41. The summed E-state index contributed by atoms with van der Waals surface area (Å²) in [5.74, 6) is 0.459. The van der Waals surface area contributed by atoms with Gasteiger partial charge in [0, 0.05) is 38.5 Å². The lowest BCUT2D eigenvalue weighted by atomic mass is 10.1. The third-order valence-electron chi connectivity index (χ3n) is 4.18. The molecule has 2 aromatic rings. The van der Waals surface area contributed by atoms with Gasteiger partial charge in [0.1, 0.15) is 0 Å². The number of aromatic nitrogens is 2. The second kappa shape index (κ2) is 10.8. The van der Waals surface area contributed by atoms with Crippen molar-refractivity contribution in [2.45, 2.75) is 39.1 Å². The van der Waals surface area contributed by atoms with E-state index in [1.165, 1.54) is 13.2 Å². The molecule has 0 amide bonds. The van der Waals surface area contributed by atoms with Gasteiger partial charge in [0.2, 0.25) is 0 Å². The Morgan fingerprint density at radius 2 is 1.97 bits per heavy atom. The summed E-state index contributed by atoms with van der Waals surface area (Å²) in [4.78, 5) is 4.25. The third-order valence-corrected chi connectivity index (χ3v) is 4.18. The Kier molecular flexibility index (Phi) is 8.50. The van der Waals surface area contributed by atoms with Gasteiger partial charge in [0.25, 0.3) is 0 Å². The van der Waals surface area contributed by atoms with Gasteiger partial charge in [-0.2, -0.15) is 18.3 Å². The maximum atomic E-state index is 13.0. The van der Waals surface area contributed by atoms with Crippen LogP contribution in [0.5, 0.6) is 0 Å². The molecule has 1 unspecified atom stereocenters. The minimum absolute atomic E-state index is 0.00414. The lowest BCUT2D eigenvalue weighted by Gasteiger charge is -2.14. The highest BCUT2D eigenvalue weighted by molar-refractivity contribution is 5.79. The molecule has 160 valence electrons. The second-order valence-electron chi connectivity index (χ2n) is 6.57. The summed E-state index contributed by atoms with van der Waals surface area (Å²) in [6.45, 7) is 5.54. The van der Waals surface area contributed by atoms with Crippen molar-refractivity contribution in [1.29, 1.82) is 0 Å². The van der Waals surface area contributed by atoms with Crippen molar-refractivity contribution in [1.82, 2.24) is 20.4 Å². The molecule has 29 heavy (non-hydrogen) atoms. The SMILES string of the molecule is CCNC(=NCc1cn(C)nc1C(F)(F)F)NCCCOC(C)c1ccccc1. The van der Waals surface area contributed by atoms with Crippen LogP contribution in [0.3, 0.4) is 0 Å². The monoisotopic (exact) mass is 411 g/mol. The van der Waals surface area contributed by atoms with Crippen molar-refractivity contribution < 1.29 is 17.9 Å². The smallest absolute Gasteiger partial charge is 0.374 e. The number of rotatable bonds is 9. The van der Waals surface area contributed by atoms with Gasteiger partial charge in [-0.3, -0.25) is 4.68 Å². The molecule has 0 aliphatic heterocycles. The number of alkyl halides is 3. The Balaban J connectivity index is 1.82. The highest BCUT2D eigenvalue weighted by Gasteiger charge is 2.36. The van der Waals surface area contributed by atoms with E-state index in [4.69, 9.17) is 4.74 Å². The molecule has 0 aliphatic carbocycles. The molecule has 0 saturated carbocycles.